The fraction of sp³-hybridized carbons (Fsp3) is 0.533. The number of rotatable bonds is 5. The Morgan fingerprint density at radius 3 is 2.84 bits per heavy atom. The third-order valence-corrected chi connectivity index (χ3v) is 3.65. The molecule has 0 aromatic heterocycles. The van der Waals surface area contributed by atoms with Crippen molar-refractivity contribution in [2.75, 3.05) is 19.7 Å². The van der Waals surface area contributed by atoms with Gasteiger partial charge in [0.2, 0.25) is 0 Å². The van der Waals surface area contributed by atoms with E-state index in [4.69, 9.17) is 4.74 Å². The van der Waals surface area contributed by atoms with E-state index in [1.165, 1.54) is 0 Å². The second-order valence-corrected chi connectivity index (χ2v) is 5.18. The number of carboxylic acids is 1. The number of carboxylic acid groups (broad SMARTS) is 1. The Labute approximate surface area is 114 Å². The maximum atomic E-state index is 11.3. The number of aliphatic carboxylic acids is 1. The number of benzene rings is 1. The number of piperidine rings is 1. The van der Waals surface area contributed by atoms with Crippen LogP contribution in [0.2, 0.25) is 0 Å². The molecule has 0 spiro atoms. The summed E-state index contributed by atoms with van der Waals surface area (Å²) in [6.07, 6.45) is 1.80. The Balaban J connectivity index is 1.82. The molecule has 1 aliphatic heterocycles. The van der Waals surface area contributed by atoms with E-state index in [2.05, 4.69) is 6.92 Å². The summed E-state index contributed by atoms with van der Waals surface area (Å²) in [5.74, 6) is 0.610. The fourth-order valence-electron chi connectivity index (χ4n) is 2.51. The van der Waals surface area contributed by atoms with Gasteiger partial charge in [-0.15, -0.1) is 0 Å². The van der Waals surface area contributed by atoms with Gasteiger partial charge >= 0.3 is 5.97 Å². The summed E-state index contributed by atoms with van der Waals surface area (Å²) >= 11 is 0. The monoisotopic (exact) mass is 263 g/mol. The van der Waals surface area contributed by atoms with E-state index in [-0.39, 0.29) is 6.04 Å². The van der Waals surface area contributed by atoms with Crippen molar-refractivity contribution in [3.63, 3.8) is 0 Å². The van der Waals surface area contributed by atoms with E-state index in [0.29, 0.717) is 19.1 Å². The molecule has 2 unspecified atom stereocenters. The van der Waals surface area contributed by atoms with Crippen LogP contribution >= 0.6 is 0 Å². The van der Waals surface area contributed by atoms with Crippen molar-refractivity contribution in [1.82, 2.24) is 4.90 Å². The first-order valence-corrected chi connectivity index (χ1v) is 6.81. The van der Waals surface area contributed by atoms with Crippen LogP contribution in [0.4, 0.5) is 0 Å². The van der Waals surface area contributed by atoms with Crippen molar-refractivity contribution in [2.24, 2.45) is 5.92 Å². The Morgan fingerprint density at radius 1 is 1.42 bits per heavy atom. The highest BCUT2D eigenvalue weighted by molar-refractivity contribution is 5.73. The molecule has 1 N–H and O–H groups in total. The van der Waals surface area contributed by atoms with Crippen LogP contribution in [0, 0.1) is 5.92 Å². The number of hydrogen-bond donors (Lipinski definition) is 1. The molecule has 1 aromatic rings. The quantitative estimate of drug-likeness (QED) is 0.885. The number of nitrogens with zero attached hydrogens (tertiary/aromatic N) is 1. The van der Waals surface area contributed by atoms with Crippen LogP contribution in [0.5, 0.6) is 5.75 Å². The van der Waals surface area contributed by atoms with Gasteiger partial charge in [0.25, 0.3) is 0 Å². The molecule has 1 saturated heterocycles. The van der Waals surface area contributed by atoms with Gasteiger partial charge in [-0.05, 0) is 37.4 Å². The van der Waals surface area contributed by atoms with Crippen molar-refractivity contribution in [3.05, 3.63) is 30.3 Å². The molecule has 0 aliphatic carbocycles. The van der Waals surface area contributed by atoms with Gasteiger partial charge in [-0.25, -0.2) is 0 Å². The first-order valence-electron chi connectivity index (χ1n) is 6.81. The normalized spacial score (nSPS) is 24.1. The molecule has 104 valence electrons. The van der Waals surface area contributed by atoms with Crippen molar-refractivity contribution < 1.29 is 14.6 Å². The summed E-state index contributed by atoms with van der Waals surface area (Å²) in [5, 5.41) is 9.26. The SMILES string of the molecule is CC1CCN(CCOc2ccccc2)C(C(=O)O)C1. The number of ether oxygens (including phenoxy) is 1. The number of carbonyl (C=O) groups is 1. The fourth-order valence-corrected chi connectivity index (χ4v) is 2.51. The third-order valence-electron chi connectivity index (χ3n) is 3.65. The smallest absolute Gasteiger partial charge is 0.320 e. The molecule has 0 radical (unpaired) electrons. The zero-order chi connectivity index (χ0) is 13.7. The molecule has 4 heteroatoms. The van der Waals surface area contributed by atoms with Gasteiger partial charge in [0, 0.05) is 6.54 Å². The summed E-state index contributed by atoms with van der Waals surface area (Å²) < 4.78 is 5.63. The van der Waals surface area contributed by atoms with Gasteiger partial charge < -0.3 is 9.84 Å². The van der Waals surface area contributed by atoms with Crippen LogP contribution in [-0.2, 0) is 4.79 Å². The second-order valence-electron chi connectivity index (χ2n) is 5.18. The molecule has 0 bridgehead atoms. The van der Waals surface area contributed by atoms with Crippen LogP contribution < -0.4 is 4.74 Å². The molecule has 19 heavy (non-hydrogen) atoms. The van der Waals surface area contributed by atoms with E-state index in [9.17, 15) is 9.90 Å². The maximum absolute atomic E-state index is 11.3. The van der Waals surface area contributed by atoms with E-state index < -0.39 is 5.97 Å². The molecular formula is C15H21NO3. The maximum Gasteiger partial charge on any atom is 0.320 e. The first-order chi connectivity index (χ1) is 9.16. The van der Waals surface area contributed by atoms with Crippen LogP contribution in [-0.4, -0.2) is 41.7 Å². The lowest BCUT2D eigenvalue weighted by atomic mass is 9.92. The first kappa shape index (κ1) is 13.9. The molecule has 1 fully saturated rings. The van der Waals surface area contributed by atoms with Gasteiger partial charge in [-0.3, -0.25) is 9.69 Å². The standard InChI is InChI=1S/C15H21NO3/c1-12-7-8-16(14(11-12)15(17)18)9-10-19-13-5-3-2-4-6-13/h2-6,12,14H,7-11H2,1H3,(H,17,18). The molecule has 2 atom stereocenters. The summed E-state index contributed by atoms with van der Waals surface area (Å²) in [7, 11) is 0. The molecule has 1 heterocycles. The van der Waals surface area contributed by atoms with Crippen LogP contribution in [0.15, 0.2) is 30.3 Å². The number of likely N-dealkylation sites (tertiary alicyclic amines) is 1. The summed E-state index contributed by atoms with van der Waals surface area (Å²) in [4.78, 5) is 13.3. The molecule has 1 aliphatic rings. The second kappa shape index (κ2) is 6.57. The van der Waals surface area contributed by atoms with Gasteiger partial charge in [0.05, 0.1) is 0 Å². The van der Waals surface area contributed by atoms with E-state index in [1.54, 1.807) is 0 Å². The molecule has 0 saturated carbocycles. The summed E-state index contributed by atoms with van der Waals surface area (Å²) in [5.41, 5.74) is 0. The van der Waals surface area contributed by atoms with Crippen molar-refractivity contribution in [2.45, 2.75) is 25.8 Å². The Morgan fingerprint density at radius 2 is 2.16 bits per heavy atom. The van der Waals surface area contributed by atoms with Crippen LogP contribution in [0.1, 0.15) is 19.8 Å². The minimum atomic E-state index is -0.716. The average Bonchev–Trinajstić information content (AvgIpc) is 2.41. The Bertz CT molecular complexity index is 407. The number of hydrogen-bond acceptors (Lipinski definition) is 3. The predicted octanol–water partition coefficient (Wildman–Crippen LogP) is 2.25. The summed E-state index contributed by atoms with van der Waals surface area (Å²) in [6.45, 7) is 4.16. The van der Waals surface area contributed by atoms with Crippen molar-refractivity contribution >= 4 is 5.97 Å². The van der Waals surface area contributed by atoms with Gasteiger partial charge in [-0.1, -0.05) is 25.1 Å². The van der Waals surface area contributed by atoms with Gasteiger partial charge in [-0.2, -0.15) is 0 Å². The largest absolute Gasteiger partial charge is 0.492 e. The van der Waals surface area contributed by atoms with Crippen LogP contribution in [0.3, 0.4) is 0 Å². The lowest BCUT2D eigenvalue weighted by molar-refractivity contribution is -0.145. The topological polar surface area (TPSA) is 49.8 Å². The minimum Gasteiger partial charge on any atom is -0.492 e. The highest BCUT2D eigenvalue weighted by Gasteiger charge is 2.31. The Kier molecular flexibility index (Phi) is 4.80. The molecule has 0 amide bonds. The van der Waals surface area contributed by atoms with Crippen molar-refractivity contribution in [3.8, 4) is 5.75 Å². The van der Waals surface area contributed by atoms with E-state index >= 15 is 0 Å². The van der Waals surface area contributed by atoms with E-state index in [0.717, 1.165) is 25.1 Å². The highest BCUT2D eigenvalue weighted by Crippen LogP contribution is 2.22. The van der Waals surface area contributed by atoms with E-state index in [1.807, 2.05) is 35.2 Å². The zero-order valence-electron chi connectivity index (χ0n) is 11.3. The lowest BCUT2D eigenvalue weighted by Crippen LogP contribution is -2.48. The number of para-hydroxylation sites is 1. The third kappa shape index (κ3) is 3.96. The van der Waals surface area contributed by atoms with Crippen LogP contribution in [0.25, 0.3) is 0 Å². The molecule has 1 aromatic carbocycles. The molecule has 2 rings (SSSR count). The Hall–Kier alpha value is -1.55. The van der Waals surface area contributed by atoms with Gasteiger partial charge in [0.15, 0.2) is 0 Å². The highest BCUT2D eigenvalue weighted by atomic mass is 16.5. The average molecular weight is 263 g/mol. The van der Waals surface area contributed by atoms with Gasteiger partial charge in [0.1, 0.15) is 18.4 Å². The predicted molar refractivity (Wildman–Crippen MR) is 73.3 cm³/mol. The zero-order valence-corrected chi connectivity index (χ0v) is 11.3. The van der Waals surface area contributed by atoms with Crippen molar-refractivity contribution in [1.29, 1.82) is 0 Å². The summed E-state index contributed by atoms with van der Waals surface area (Å²) in [6, 6.07) is 9.26. The molecule has 4 nitrogen and oxygen atoms in total. The molecular weight excluding hydrogens is 242 g/mol. The minimum absolute atomic E-state index is 0.358. The lowest BCUT2D eigenvalue weighted by Gasteiger charge is -2.35.